The molecule has 2 amide bonds. The molecule has 2 rings (SSSR count). The number of nitrogens with zero attached hydrogens (tertiary/aromatic N) is 2. The summed E-state index contributed by atoms with van der Waals surface area (Å²) in [6.45, 7) is 14.6. The van der Waals surface area contributed by atoms with E-state index in [1.807, 2.05) is 46.4 Å². The molecule has 0 aromatic carbocycles. The zero-order chi connectivity index (χ0) is 22.9. The second-order valence-corrected chi connectivity index (χ2v) is 11.0. The van der Waals surface area contributed by atoms with Crippen LogP contribution in [0.1, 0.15) is 67.2 Å². The van der Waals surface area contributed by atoms with Crippen LogP contribution in [0.4, 0.5) is 9.59 Å². The number of halogens is 1. The molecule has 0 aromatic rings. The molecule has 0 atom stereocenters. The van der Waals surface area contributed by atoms with Gasteiger partial charge >= 0.3 is 12.2 Å². The minimum atomic E-state index is -0.426. The molecular weight excluding hydrogens is 499 g/mol. The number of aliphatic hydroxyl groups excluding tert-OH is 1. The Labute approximate surface area is 196 Å². The van der Waals surface area contributed by atoms with Gasteiger partial charge in [-0.25, -0.2) is 9.59 Å². The number of hydrogen-bond acceptors (Lipinski definition) is 5. The first-order chi connectivity index (χ1) is 13.8. The summed E-state index contributed by atoms with van der Waals surface area (Å²) >= 11 is 2.42. The number of amides is 2. The van der Waals surface area contributed by atoms with Crippen molar-refractivity contribution in [3.05, 3.63) is 0 Å². The van der Waals surface area contributed by atoms with Gasteiger partial charge in [0.1, 0.15) is 11.2 Å². The second kappa shape index (κ2) is 12.3. The minimum Gasteiger partial charge on any atom is -0.444 e. The van der Waals surface area contributed by atoms with Gasteiger partial charge in [0.05, 0.1) is 0 Å². The van der Waals surface area contributed by atoms with Gasteiger partial charge in [0.15, 0.2) is 0 Å². The third-order valence-electron chi connectivity index (χ3n) is 5.01. The first-order valence-electron chi connectivity index (χ1n) is 11.0. The predicted octanol–water partition coefficient (Wildman–Crippen LogP) is 4.69. The number of alkyl halides is 1. The molecule has 2 aliphatic rings. The lowest BCUT2D eigenvalue weighted by atomic mass is 9.98. The highest BCUT2D eigenvalue weighted by Crippen LogP contribution is 2.21. The summed E-state index contributed by atoms with van der Waals surface area (Å²) in [4.78, 5) is 26.9. The van der Waals surface area contributed by atoms with Crippen molar-refractivity contribution in [1.29, 1.82) is 0 Å². The van der Waals surface area contributed by atoms with Crippen molar-refractivity contribution in [2.75, 3.05) is 37.2 Å². The average Bonchev–Trinajstić information content (AvgIpc) is 2.66. The third-order valence-corrected chi connectivity index (χ3v) is 6.25. The van der Waals surface area contributed by atoms with Gasteiger partial charge in [-0.15, -0.1) is 0 Å². The lowest BCUT2D eigenvalue weighted by Crippen LogP contribution is -2.42. The molecule has 0 unspecified atom stereocenters. The molecule has 2 saturated heterocycles. The fraction of sp³-hybridized carbons (Fsp3) is 0.909. The van der Waals surface area contributed by atoms with E-state index < -0.39 is 5.60 Å². The van der Waals surface area contributed by atoms with Crippen molar-refractivity contribution in [2.24, 2.45) is 11.8 Å². The highest BCUT2D eigenvalue weighted by atomic mass is 127. The van der Waals surface area contributed by atoms with Crippen LogP contribution in [-0.4, -0.2) is 75.5 Å². The number of piperidine rings is 2. The molecule has 2 aliphatic heterocycles. The molecule has 7 nitrogen and oxygen atoms in total. The van der Waals surface area contributed by atoms with Crippen LogP contribution in [0, 0.1) is 11.8 Å². The van der Waals surface area contributed by atoms with E-state index in [-0.39, 0.29) is 24.4 Å². The number of aliphatic hydroxyl groups is 1. The molecule has 2 heterocycles. The van der Waals surface area contributed by atoms with Crippen LogP contribution in [-0.2, 0) is 9.47 Å². The first-order valence-corrected chi connectivity index (χ1v) is 12.5. The van der Waals surface area contributed by atoms with Crippen molar-refractivity contribution in [3.8, 4) is 0 Å². The highest BCUT2D eigenvalue weighted by molar-refractivity contribution is 14.1. The Morgan fingerprint density at radius 1 is 0.800 bits per heavy atom. The fourth-order valence-corrected chi connectivity index (χ4v) is 4.10. The van der Waals surface area contributed by atoms with Crippen LogP contribution in [0.2, 0.25) is 0 Å². The van der Waals surface area contributed by atoms with Crippen LogP contribution >= 0.6 is 22.6 Å². The van der Waals surface area contributed by atoms with Gasteiger partial charge in [-0.1, -0.05) is 22.6 Å². The van der Waals surface area contributed by atoms with E-state index in [1.165, 1.54) is 4.43 Å². The highest BCUT2D eigenvalue weighted by Gasteiger charge is 2.27. The summed E-state index contributed by atoms with van der Waals surface area (Å²) in [7, 11) is 0. The average molecular weight is 540 g/mol. The van der Waals surface area contributed by atoms with E-state index in [1.54, 1.807) is 4.90 Å². The molecule has 2 fully saturated rings. The number of rotatable bonds is 2. The first kappa shape index (κ1) is 27.3. The lowest BCUT2D eigenvalue weighted by molar-refractivity contribution is 0.0156. The number of carbonyl (C=O) groups is 2. The molecular formula is C22H41IN2O5. The SMILES string of the molecule is CC(C)(C)OC(=O)N1CCC(CI)CC1.CC(C)(C)OC(=O)N1CCC(CO)CC1. The van der Waals surface area contributed by atoms with Gasteiger partial charge in [-0.2, -0.15) is 0 Å². The maximum absolute atomic E-state index is 11.7. The number of carbonyl (C=O) groups excluding carboxylic acids is 2. The summed E-state index contributed by atoms with van der Waals surface area (Å²) in [6, 6.07) is 0. The van der Waals surface area contributed by atoms with Gasteiger partial charge in [0, 0.05) is 37.2 Å². The molecule has 0 saturated carbocycles. The zero-order valence-corrected chi connectivity index (χ0v) is 21.7. The number of ether oxygens (including phenoxy) is 2. The van der Waals surface area contributed by atoms with Gasteiger partial charge in [-0.3, -0.25) is 0 Å². The molecule has 0 spiro atoms. The van der Waals surface area contributed by atoms with Crippen LogP contribution in [0.5, 0.6) is 0 Å². The number of likely N-dealkylation sites (tertiary alicyclic amines) is 2. The summed E-state index contributed by atoms with van der Waals surface area (Å²) in [6.07, 6.45) is 3.57. The summed E-state index contributed by atoms with van der Waals surface area (Å²) in [5.41, 5.74) is -0.803. The lowest BCUT2D eigenvalue weighted by Gasteiger charge is -2.32. The maximum Gasteiger partial charge on any atom is 0.410 e. The van der Waals surface area contributed by atoms with Crippen LogP contribution in [0.25, 0.3) is 0 Å². The fourth-order valence-electron chi connectivity index (χ4n) is 3.22. The van der Waals surface area contributed by atoms with Crippen molar-refractivity contribution < 1.29 is 24.2 Å². The number of hydrogen-bond donors (Lipinski definition) is 1. The van der Waals surface area contributed by atoms with Gasteiger partial charge < -0.3 is 24.4 Å². The smallest absolute Gasteiger partial charge is 0.410 e. The standard InChI is InChI=1S/C11H20INO2.C11H21NO3/c1-11(2,3)15-10(14)13-6-4-9(8-12)5-7-13;1-11(2,3)15-10(14)12-6-4-9(8-13)5-7-12/h9H,4-8H2,1-3H3;9,13H,4-8H2,1-3H3. The molecule has 176 valence electrons. The molecule has 1 N–H and O–H groups in total. The largest absolute Gasteiger partial charge is 0.444 e. The Hall–Kier alpha value is -0.770. The Morgan fingerprint density at radius 2 is 1.13 bits per heavy atom. The van der Waals surface area contributed by atoms with Crippen molar-refractivity contribution in [1.82, 2.24) is 9.80 Å². The summed E-state index contributed by atoms with van der Waals surface area (Å²) in [5, 5.41) is 8.97. The normalized spacial score (nSPS) is 19.1. The molecule has 0 bridgehead atoms. The summed E-state index contributed by atoms with van der Waals surface area (Å²) < 4.78 is 11.8. The molecule has 30 heavy (non-hydrogen) atoms. The van der Waals surface area contributed by atoms with Gasteiger partial charge in [0.2, 0.25) is 0 Å². The van der Waals surface area contributed by atoms with Gasteiger partial charge in [-0.05, 0) is 79.1 Å². The Bertz CT molecular complexity index is 481. The van der Waals surface area contributed by atoms with E-state index in [2.05, 4.69) is 22.6 Å². The van der Waals surface area contributed by atoms with Crippen LogP contribution in [0.3, 0.4) is 0 Å². The quantitative estimate of drug-likeness (QED) is 0.406. The topological polar surface area (TPSA) is 79.3 Å². The van der Waals surface area contributed by atoms with Crippen molar-refractivity contribution >= 4 is 34.8 Å². The summed E-state index contributed by atoms with van der Waals surface area (Å²) in [5.74, 6) is 1.13. The van der Waals surface area contributed by atoms with Gasteiger partial charge in [0.25, 0.3) is 0 Å². The maximum atomic E-state index is 11.7. The van der Waals surface area contributed by atoms with E-state index in [0.717, 1.165) is 44.7 Å². The van der Waals surface area contributed by atoms with E-state index >= 15 is 0 Å². The predicted molar refractivity (Wildman–Crippen MR) is 127 cm³/mol. The van der Waals surface area contributed by atoms with Crippen molar-refractivity contribution in [2.45, 2.75) is 78.4 Å². The molecule has 0 aromatic heterocycles. The third kappa shape index (κ3) is 11.0. The van der Waals surface area contributed by atoms with Crippen molar-refractivity contribution in [3.63, 3.8) is 0 Å². The molecule has 0 aliphatic carbocycles. The van der Waals surface area contributed by atoms with Crippen LogP contribution in [0.15, 0.2) is 0 Å². The second-order valence-electron chi connectivity index (χ2n) is 10.2. The zero-order valence-electron chi connectivity index (χ0n) is 19.6. The minimum absolute atomic E-state index is 0.158. The Morgan fingerprint density at radius 3 is 1.40 bits per heavy atom. The van der Waals surface area contributed by atoms with E-state index in [4.69, 9.17) is 14.6 Å². The Balaban J connectivity index is 0.000000300. The Kier molecular flexibility index (Phi) is 11.2. The van der Waals surface area contributed by atoms with Crippen LogP contribution < -0.4 is 0 Å². The molecule has 8 heteroatoms. The van der Waals surface area contributed by atoms with E-state index in [0.29, 0.717) is 19.0 Å². The van der Waals surface area contributed by atoms with E-state index in [9.17, 15) is 9.59 Å². The molecule has 0 radical (unpaired) electrons. The monoisotopic (exact) mass is 540 g/mol.